The van der Waals surface area contributed by atoms with Crippen molar-refractivity contribution in [2.75, 3.05) is 10.6 Å². The minimum atomic E-state index is -0.799. The van der Waals surface area contributed by atoms with Crippen LogP contribution >= 0.6 is 23.2 Å². The second kappa shape index (κ2) is 6.81. The molecule has 0 aromatic heterocycles. The van der Waals surface area contributed by atoms with Crippen LogP contribution in [-0.2, 0) is 9.59 Å². The third kappa shape index (κ3) is 3.78. The molecule has 0 spiro atoms. The summed E-state index contributed by atoms with van der Waals surface area (Å²) in [7, 11) is 0. The molecule has 0 aliphatic carbocycles. The lowest BCUT2D eigenvalue weighted by Crippen LogP contribution is -2.29. The number of carbonyl (C=O) groups excluding carboxylic acids is 2. The molecule has 2 amide bonds. The predicted molar refractivity (Wildman–Crippen MR) is 89.6 cm³/mol. The lowest BCUT2D eigenvalue weighted by molar-refractivity contribution is -0.133. The van der Waals surface area contributed by atoms with Crippen molar-refractivity contribution in [2.45, 2.75) is 13.8 Å². The van der Waals surface area contributed by atoms with E-state index >= 15 is 0 Å². The highest BCUT2D eigenvalue weighted by Gasteiger charge is 2.17. The first-order valence-electron chi connectivity index (χ1n) is 6.52. The lowest BCUT2D eigenvalue weighted by atomic mass is 10.1. The fraction of sp³-hybridized carbons (Fsp3) is 0.125. The fourth-order valence-electron chi connectivity index (χ4n) is 1.95. The van der Waals surface area contributed by atoms with Crippen molar-refractivity contribution in [2.24, 2.45) is 0 Å². The molecule has 0 radical (unpaired) electrons. The Kier molecular flexibility index (Phi) is 5.06. The SMILES string of the molecule is Cc1cccc(C)c1NC(=O)C(=O)Nc1ccc(Cl)cc1Cl. The van der Waals surface area contributed by atoms with Gasteiger partial charge in [0, 0.05) is 10.7 Å². The molecule has 2 N–H and O–H groups in total. The van der Waals surface area contributed by atoms with E-state index in [1.54, 1.807) is 6.07 Å². The molecule has 0 fully saturated rings. The molecule has 0 unspecified atom stereocenters. The second-order valence-corrected chi connectivity index (χ2v) is 5.64. The predicted octanol–water partition coefficient (Wildman–Crippen LogP) is 4.19. The Labute approximate surface area is 138 Å². The monoisotopic (exact) mass is 336 g/mol. The number of hydrogen-bond acceptors (Lipinski definition) is 2. The van der Waals surface area contributed by atoms with Crippen LogP contribution in [0.15, 0.2) is 36.4 Å². The largest absolute Gasteiger partial charge is 0.317 e. The minimum absolute atomic E-state index is 0.265. The molecule has 22 heavy (non-hydrogen) atoms. The summed E-state index contributed by atoms with van der Waals surface area (Å²) in [6.07, 6.45) is 0. The third-order valence-corrected chi connectivity index (χ3v) is 3.65. The van der Waals surface area contributed by atoms with Crippen molar-refractivity contribution in [3.8, 4) is 0 Å². The van der Waals surface area contributed by atoms with Gasteiger partial charge < -0.3 is 10.6 Å². The summed E-state index contributed by atoms with van der Waals surface area (Å²) in [4.78, 5) is 24.0. The van der Waals surface area contributed by atoms with Crippen LogP contribution in [0.2, 0.25) is 10.0 Å². The molecule has 0 saturated heterocycles. The standard InChI is InChI=1S/C16H14Cl2N2O2/c1-9-4-3-5-10(2)14(9)20-16(22)15(21)19-13-7-6-11(17)8-12(13)18/h3-8H,1-2H3,(H,19,21)(H,20,22). The molecule has 4 nitrogen and oxygen atoms in total. The van der Waals surface area contributed by atoms with Gasteiger partial charge in [-0.1, -0.05) is 41.4 Å². The molecule has 114 valence electrons. The highest BCUT2D eigenvalue weighted by atomic mass is 35.5. The lowest BCUT2D eigenvalue weighted by Gasteiger charge is -2.12. The van der Waals surface area contributed by atoms with Crippen LogP contribution in [0.5, 0.6) is 0 Å². The topological polar surface area (TPSA) is 58.2 Å². The summed E-state index contributed by atoms with van der Waals surface area (Å²) in [6.45, 7) is 3.72. The van der Waals surface area contributed by atoms with Gasteiger partial charge in [-0.2, -0.15) is 0 Å². The molecule has 0 atom stereocenters. The fourth-order valence-corrected chi connectivity index (χ4v) is 2.41. The van der Waals surface area contributed by atoms with Crippen LogP contribution < -0.4 is 10.6 Å². The molecule has 2 aromatic rings. The molecule has 2 aromatic carbocycles. The van der Waals surface area contributed by atoms with Gasteiger partial charge in [0.15, 0.2) is 0 Å². The Hall–Kier alpha value is -2.04. The van der Waals surface area contributed by atoms with Crippen LogP contribution in [0.3, 0.4) is 0 Å². The van der Waals surface area contributed by atoms with E-state index < -0.39 is 11.8 Å². The van der Waals surface area contributed by atoms with Crippen molar-refractivity contribution in [1.82, 2.24) is 0 Å². The molecule has 0 bridgehead atoms. The number of benzene rings is 2. The number of amides is 2. The summed E-state index contributed by atoms with van der Waals surface area (Å²) in [5, 5.41) is 5.78. The number of nitrogens with one attached hydrogen (secondary N) is 2. The van der Waals surface area contributed by atoms with Gasteiger partial charge in [0.05, 0.1) is 10.7 Å². The quantitative estimate of drug-likeness (QED) is 0.808. The van der Waals surface area contributed by atoms with E-state index in [0.29, 0.717) is 16.4 Å². The van der Waals surface area contributed by atoms with E-state index in [-0.39, 0.29) is 5.02 Å². The van der Waals surface area contributed by atoms with Crippen LogP contribution in [-0.4, -0.2) is 11.8 Å². The van der Waals surface area contributed by atoms with Gasteiger partial charge in [0.25, 0.3) is 0 Å². The van der Waals surface area contributed by atoms with Crippen molar-refractivity contribution < 1.29 is 9.59 Å². The molecule has 0 saturated carbocycles. The van der Waals surface area contributed by atoms with E-state index in [1.807, 2.05) is 32.0 Å². The average molecular weight is 337 g/mol. The number of carbonyl (C=O) groups is 2. The number of halogens is 2. The molecule has 2 rings (SSSR count). The van der Waals surface area contributed by atoms with Crippen molar-refractivity contribution in [1.29, 1.82) is 0 Å². The zero-order valence-corrected chi connectivity index (χ0v) is 13.5. The van der Waals surface area contributed by atoms with Crippen LogP contribution in [0.1, 0.15) is 11.1 Å². The third-order valence-electron chi connectivity index (χ3n) is 3.11. The van der Waals surface area contributed by atoms with E-state index in [2.05, 4.69) is 10.6 Å². The number of rotatable bonds is 2. The number of hydrogen-bond donors (Lipinski definition) is 2. The Bertz CT molecular complexity index is 725. The van der Waals surface area contributed by atoms with E-state index in [9.17, 15) is 9.59 Å². The van der Waals surface area contributed by atoms with Gasteiger partial charge in [-0.05, 0) is 43.2 Å². The smallest absolute Gasteiger partial charge is 0.314 e. The summed E-state index contributed by atoms with van der Waals surface area (Å²) < 4.78 is 0. The Morgan fingerprint density at radius 2 is 1.50 bits per heavy atom. The Morgan fingerprint density at radius 3 is 2.09 bits per heavy atom. The Balaban J connectivity index is 2.11. The van der Waals surface area contributed by atoms with Gasteiger partial charge in [0.1, 0.15) is 0 Å². The van der Waals surface area contributed by atoms with Gasteiger partial charge in [-0.15, -0.1) is 0 Å². The van der Waals surface area contributed by atoms with Crippen molar-refractivity contribution >= 4 is 46.4 Å². The zero-order valence-electron chi connectivity index (χ0n) is 12.0. The van der Waals surface area contributed by atoms with Gasteiger partial charge in [-0.25, -0.2) is 0 Å². The van der Waals surface area contributed by atoms with E-state index in [4.69, 9.17) is 23.2 Å². The first-order valence-corrected chi connectivity index (χ1v) is 7.27. The van der Waals surface area contributed by atoms with E-state index in [0.717, 1.165) is 11.1 Å². The molecule has 0 heterocycles. The van der Waals surface area contributed by atoms with Gasteiger partial charge in [-0.3, -0.25) is 9.59 Å². The molecule has 0 aliphatic heterocycles. The molecular formula is C16H14Cl2N2O2. The maximum absolute atomic E-state index is 12.0. The Morgan fingerprint density at radius 1 is 0.909 bits per heavy atom. The highest BCUT2D eigenvalue weighted by molar-refractivity contribution is 6.45. The van der Waals surface area contributed by atoms with E-state index in [1.165, 1.54) is 12.1 Å². The summed E-state index contributed by atoms with van der Waals surface area (Å²) in [6, 6.07) is 10.2. The van der Waals surface area contributed by atoms with Crippen LogP contribution in [0.4, 0.5) is 11.4 Å². The van der Waals surface area contributed by atoms with Crippen molar-refractivity contribution in [3.63, 3.8) is 0 Å². The summed E-state index contributed by atoms with van der Waals surface area (Å²) >= 11 is 11.7. The number of anilines is 2. The normalized spacial score (nSPS) is 10.2. The van der Waals surface area contributed by atoms with Gasteiger partial charge in [0.2, 0.25) is 0 Å². The minimum Gasteiger partial charge on any atom is -0.317 e. The van der Waals surface area contributed by atoms with Crippen LogP contribution in [0, 0.1) is 13.8 Å². The zero-order chi connectivity index (χ0) is 16.3. The average Bonchev–Trinajstić information content (AvgIpc) is 2.45. The maximum Gasteiger partial charge on any atom is 0.314 e. The maximum atomic E-state index is 12.0. The highest BCUT2D eigenvalue weighted by Crippen LogP contribution is 2.25. The number of aryl methyl sites for hydroxylation is 2. The van der Waals surface area contributed by atoms with Crippen LogP contribution in [0.25, 0.3) is 0 Å². The first kappa shape index (κ1) is 16.3. The molecule has 0 aliphatic rings. The van der Waals surface area contributed by atoms with Crippen molar-refractivity contribution in [3.05, 3.63) is 57.6 Å². The molecular weight excluding hydrogens is 323 g/mol. The summed E-state index contributed by atoms with van der Waals surface area (Å²) in [5.41, 5.74) is 2.72. The summed E-state index contributed by atoms with van der Waals surface area (Å²) in [5.74, 6) is -1.56. The number of para-hydroxylation sites is 1. The molecule has 6 heteroatoms. The second-order valence-electron chi connectivity index (χ2n) is 4.80. The first-order chi connectivity index (χ1) is 10.4. The van der Waals surface area contributed by atoms with Gasteiger partial charge >= 0.3 is 11.8 Å².